The molecule has 5 heteroatoms. The van der Waals surface area contributed by atoms with E-state index < -0.39 is 4.92 Å². The molecule has 17 heavy (non-hydrogen) atoms. The molecule has 0 spiro atoms. The van der Waals surface area contributed by atoms with E-state index in [1.807, 2.05) is 0 Å². The lowest BCUT2D eigenvalue weighted by molar-refractivity contribution is -0.385. The number of hydrogen-bond acceptors (Lipinski definition) is 4. The zero-order chi connectivity index (χ0) is 12.3. The van der Waals surface area contributed by atoms with Gasteiger partial charge in [0.2, 0.25) is 0 Å². The minimum atomic E-state index is -0.524. The number of carbonyl (C=O) groups is 1. The number of likely N-dealkylation sites (tertiary alicyclic amines) is 1. The second-order valence-electron chi connectivity index (χ2n) is 4.25. The fourth-order valence-electron chi connectivity index (χ4n) is 2.16. The monoisotopic (exact) mass is 234 g/mol. The highest BCUT2D eigenvalue weighted by atomic mass is 16.6. The number of benzene rings is 1. The van der Waals surface area contributed by atoms with Gasteiger partial charge in [-0.05, 0) is 37.6 Å². The molecular weight excluding hydrogens is 220 g/mol. The van der Waals surface area contributed by atoms with Crippen LogP contribution < -0.4 is 0 Å². The van der Waals surface area contributed by atoms with Crippen molar-refractivity contribution in [3.8, 4) is 0 Å². The number of aldehydes is 1. The highest BCUT2D eigenvalue weighted by Gasteiger charge is 2.16. The maximum Gasteiger partial charge on any atom is 0.279 e. The van der Waals surface area contributed by atoms with Crippen LogP contribution in [0.2, 0.25) is 0 Å². The smallest absolute Gasteiger partial charge is 0.279 e. The van der Waals surface area contributed by atoms with Gasteiger partial charge >= 0.3 is 0 Å². The number of nitrogens with zero attached hydrogens (tertiary/aromatic N) is 2. The zero-order valence-electron chi connectivity index (χ0n) is 9.46. The van der Waals surface area contributed by atoms with E-state index in [0.29, 0.717) is 6.29 Å². The third-order valence-electron chi connectivity index (χ3n) is 3.02. The number of rotatable bonds is 4. The molecule has 1 fully saturated rings. The van der Waals surface area contributed by atoms with Gasteiger partial charge in [-0.1, -0.05) is 6.07 Å². The first-order valence-electron chi connectivity index (χ1n) is 5.65. The van der Waals surface area contributed by atoms with Crippen molar-refractivity contribution in [2.75, 3.05) is 13.1 Å². The molecule has 5 nitrogen and oxygen atoms in total. The second kappa shape index (κ2) is 5.05. The minimum Gasteiger partial charge on any atom is -0.299 e. The summed E-state index contributed by atoms with van der Waals surface area (Å²) in [5.74, 6) is 0. The van der Waals surface area contributed by atoms with E-state index in [-0.39, 0.29) is 11.3 Å². The predicted octanol–water partition coefficient (Wildman–Crippen LogP) is 2.00. The molecule has 0 unspecified atom stereocenters. The lowest BCUT2D eigenvalue weighted by atomic mass is 10.1. The van der Waals surface area contributed by atoms with Crippen LogP contribution in [0.5, 0.6) is 0 Å². The van der Waals surface area contributed by atoms with Gasteiger partial charge in [0.15, 0.2) is 6.29 Å². The molecule has 0 aromatic heterocycles. The summed E-state index contributed by atoms with van der Waals surface area (Å²) in [5.41, 5.74) is 0.997. The number of nitro benzene ring substituents is 1. The molecular formula is C12H14N2O3. The third kappa shape index (κ3) is 2.68. The molecule has 0 amide bonds. The first-order chi connectivity index (χ1) is 8.20. The Morgan fingerprint density at radius 1 is 1.35 bits per heavy atom. The SMILES string of the molecule is O=Cc1cc(CN2CCCC2)ccc1[N+](=O)[O-]. The lowest BCUT2D eigenvalue weighted by Crippen LogP contribution is -2.18. The average Bonchev–Trinajstić information content (AvgIpc) is 2.81. The first-order valence-corrected chi connectivity index (χ1v) is 5.65. The average molecular weight is 234 g/mol. The van der Waals surface area contributed by atoms with Gasteiger partial charge in [0.05, 0.1) is 10.5 Å². The van der Waals surface area contributed by atoms with Crippen molar-refractivity contribution < 1.29 is 9.72 Å². The maximum absolute atomic E-state index is 10.8. The van der Waals surface area contributed by atoms with Gasteiger partial charge in [-0.15, -0.1) is 0 Å². The van der Waals surface area contributed by atoms with E-state index in [9.17, 15) is 14.9 Å². The molecule has 2 rings (SSSR count). The van der Waals surface area contributed by atoms with E-state index in [1.165, 1.54) is 18.9 Å². The highest BCUT2D eigenvalue weighted by Crippen LogP contribution is 2.20. The Bertz CT molecular complexity index is 439. The Kier molecular flexibility index (Phi) is 3.49. The molecule has 1 aliphatic heterocycles. The van der Waals surface area contributed by atoms with Crippen molar-refractivity contribution in [3.05, 3.63) is 39.4 Å². The van der Waals surface area contributed by atoms with Gasteiger partial charge in [0, 0.05) is 12.6 Å². The number of hydrogen-bond donors (Lipinski definition) is 0. The molecule has 1 aromatic carbocycles. The predicted molar refractivity (Wildman–Crippen MR) is 63.0 cm³/mol. The van der Waals surface area contributed by atoms with Crippen LogP contribution in [-0.4, -0.2) is 29.2 Å². The Hall–Kier alpha value is -1.75. The van der Waals surface area contributed by atoms with Crippen LogP contribution in [0.25, 0.3) is 0 Å². The molecule has 0 saturated carbocycles. The number of nitro groups is 1. The zero-order valence-corrected chi connectivity index (χ0v) is 9.46. The molecule has 0 atom stereocenters. The molecule has 1 heterocycles. The Balaban J connectivity index is 2.18. The molecule has 1 aliphatic rings. The summed E-state index contributed by atoms with van der Waals surface area (Å²) in [5, 5.41) is 10.7. The van der Waals surface area contributed by atoms with Gasteiger partial charge in [-0.25, -0.2) is 0 Å². The molecule has 90 valence electrons. The van der Waals surface area contributed by atoms with Crippen molar-refractivity contribution in [1.82, 2.24) is 4.90 Å². The fourth-order valence-corrected chi connectivity index (χ4v) is 2.16. The summed E-state index contributed by atoms with van der Waals surface area (Å²) in [4.78, 5) is 23.2. The summed E-state index contributed by atoms with van der Waals surface area (Å²) >= 11 is 0. The van der Waals surface area contributed by atoms with Crippen LogP contribution in [0.4, 0.5) is 5.69 Å². The van der Waals surface area contributed by atoms with Gasteiger partial charge in [-0.2, -0.15) is 0 Å². The molecule has 1 aromatic rings. The minimum absolute atomic E-state index is 0.120. The van der Waals surface area contributed by atoms with Crippen LogP contribution in [0.3, 0.4) is 0 Å². The van der Waals surface area contributed by atoms with E-state index in [1.54, 1.807) is 12.1 Å². The van der Waals surface area contributed by atoms with Crippen LogP contribution in [0.1, 0.15) is 28.8 Å². The van der Waals surface area contributed by atoms with Gasteiger partial charge < -0.3 is 0 Å². The molecule has 0 aliphatic carbocycles. The van der Waals surface area contributed by atoms with E-state index in [2.05, 4.69) is 4.90 Å². The lowest BCUT2D eigenvalue weighted by Gasteiger charge is -2.14. The molecule has 0 N–H and O–H groups in total. The van der Waals surface area contributed by atoms with Crippen molar-refractivity contribution in [3.63, 3.8) is 0 Å². The van der Waals surface area contributed by atoms with Crippen LogP contribution in [-0.2, 0) is 6.54 Å². The van der Waals surface area contributed by atoms with Crippen LogP contribution in [0, 0.1) is 10.1 Å². The Morgan fingerprint density at radius 3 is 2.65 bits per heavy atom. The van der Waals surface area contributed by atoms with Crippen molar-refractivity contribution in [1.29, 1.82) is 0 Å². The Morgan fingerprint density at radius 2 is 2.06 bits per heavy atom. The standard InChI is InChI=1S/C12H14N2O3/c15-9-11-7-10(3-4-12(11)14(16)17)8-13-5-1-2-6-13/h3-4,7,9H,1-2,5-6,8H2. The summed E-state index contributed by atoms with van der Waals surface area (Å²) in [6.45, 7) is 2.89. The van der Waals surface area contributed by atoms with E-state index >= 15 is 0 Å². The summed E-state index contributed by atoms with van der Waals surface area (Å²) < 4.78 is 0. The summed E-state index contributed by atoms with van der Waals surface area (Å²) in [6.07, 6.45) is 2.95. The topological polar surface area (TPSA) is 63.5 Å². The van der Waals surface area contributed by atoms with Gasteiger partial charge in [0.1, 0.15) is 0 Å². The highest BCUT2D eigenvalue weighted by molar-refractivity contribution is 5.81. The maximum atomic E-state index is 10.8. The summed E-state index contributed by atoms with van der Waals surface area (Å²) in [7, 11) is 0. The summed E-state index contributed by atoms with van der Waals surface area (Å²) in [6, 6.07) is 4.75. The van der Waals surface area contributed by atoms with Crippen molar-refractivity contribution in [2.24, 2.45) is 0 Å². The normalized spacial score (nSPS) is 16.0. The van der Waals surface area contributed by atoms with Gasteiger partial charge in [0.25, 0.3) is 5.69 Å². The first kappa shape index (κ1) is 11.7. The molecule has 1 saturated heterocycles. The van der Waals surface area contributed by atoms with E-state index in [4.69, 9.17) is 0 Å². The molecule has 0 radical (unpaired) electrons. The van der Waals surface area contributed by atoms with Crippen LogP contribution in [0.15, 0.2) is 18.2 Å². The largest absolute Gasteiger partial charge is 0.299 e. The fraction of sp³-hybridized carbons (Fsp3) is 0.417. The number of carbonyl (C=O) groups excluding carboxylic acids is 1. The van der Waals surface area contributed by atoms with Gasteiger partial charge in [-0.3, -0.25) is 19.8 Å². The van der Waals surface area contributed by atoms with Crippen molar-refractivity contribution in [2.45, 2.75) is 19.4 Å². The Labute approximate surface area is 99.2 Å². The van der Waals surface area contributed by atoms with Crippen LogP contribution >= 0.6 is 0 Å². The van der Waals surface area contributed by atoms with E-state index in [0.717, 1.165) is 25.2 Å². The van der Waals surface area contributed by atoms with Crippen molar-refractivity contribution >= 4 is 12.0 Å². The molecule has 0 bridgehead atoms. The second-order valence-corrected chi connectivity index (χ2v) is 4.25. The third-order valence-corrected chi connectivity index (χ3v) is 3.02. The quantitative estimate of drug-likeness (QED) is 0.454.